The Morgan fingerprint density at radius 3 is 2.67 bits per heavy atom. The Morgan fingerprint density at radius 1 is 1.38 bits per heavy atom. The molecule has 3 N–H and O–H groups in total. The number of benzene rings is 1. The summed E-state index contributed by atoms with van der Waals surface area (Å²) in [6, 6.07) is 5.73. The molecule has 1 unspecified atom stereocenters. The number of aliphatic hydroxyl groups is 1. The third-order valence-corrected chi connectivity index (χ3v) is 3.60. The second kappa shape index (κ2) is 6.03. The molecule has 5 nitrogen and oxygen atoms in total. The van der Waals surface area contributed by atoms with Crippen molar-refractivity contribution in [1.29, 1.82) is 0 Å². The smallest absolute Gasteiger partial charge is 0.246 e. The largest absolute Gasteiger partial charge is 0.389 e. The van der Waals surface area contributed by atoms with Gasteiger partial charge in [0.25, 0.3) is 0 Å². The number of nitrogens with zero attached hydrogens (tertiary/aromatic N) is 1. The molecule has 21 heavy (non-hydrogen) atoms. The molecule has 0 fully saturated rings. The zero-order chi connectivity index (χ0) is 15.6. The molecule has 1 atom stereocenters. The molecule has 116 valence electrons. The summed E-state index contributed by atoms with van der Waals surface area (Å²) in [5, 5.41) is 16.1. The van der Waals surface area contributed by atoms with E-state index in [2.05, 4.69) is 22.5 Å². The Morgan fingerprint density at radius 2 is 2.10 bits per heavy atom. The lowest BCUT2D eigenvalue weighted by molar-refractivity contribution is -0.117. The van der Waals surface area contributed by atoms with E-state index in [1.165, 1.54) is 0 Å². The quantitative estimate of drug-likeness (QED) is 0.749. The minimum absolute atomic E-state index is 0.00506. The van der Waals surface area contributed by atoms with E-state index in [9.17, 15) is 9.90 Å². The highest BCUT2D eigenvalue weighted by Gasteiger charge is 2.30. The van der Waals surface area contributed by atoms with E-state index in [4.69, 9.17) is 0 Å². The van der Waals surface area contributed by atoms with Gasteiger partial charge in [0.15, 0.2) is 0 Å². The molecule has 2 rings (SSSR count). The van der Waals surface area contributed by atoms with Crippen molar-refractivity contribution in [2.24, 2.45) is 0 Å². The number of amides is 1. The number of carbonyl (C=O) groups excluding carboxylic acids is 1. The fraction of sp³-hybridized carbons (Fsp3) is 0.562. The molecule has 0 bridgehead atoms. The van der Waals surface area contributed by atoms with Crippen LogP contribution >= 0.6 is 0 Å². The minimum Gasteiger partial charge on any atom is -0.389 e. The number of rotatable bonds is 6. The Labute approximate surface area is 126 Å². The van der Waals surface area contributed by atoms with E-state index >= 15 is 0 Å². The van der Waals surface area contributed by atoms with Gasteiger partial charge in [-0.15, -0.1) is 0 Å². The van der Waals surface area contributed by atoms with Crippen molar-refractivity contribution in [3.63, 3.8) is 0 Å². The molecular formula is C16H25N3O2. The summed E-state index contributed by atoms with van der Waals surface area (Å²) >= 11 is 0. The molecule has 5 heteroatoms. The maximum Gasteiger partial charge on any atom is 0.246 e. The predicted octanol–water partition coefficient (Wildman–Crippen LogP) is 1.89. The van der Waals surface area contributed by atoms with Crippen molar-refractivity contribution in [2.45, 2.75) is 39.3 Å². The first-order valence-electron chi connectivity index (χ1n) is 7.51. The van der Waals surface area contributed by atoms with Crippen LogP contribution in [0.4, 0.5) is 11.4 Å². The molecule has 1 aliphatic rings. The number of likely N-dealkylation sites (N-methyl/N-ethyl adjacent to an activating group) is 2. The number of hydrogen-bond donors (Lipinski definition) is 3. The fourth-order valence-corrected chi connectivity index (χ4v) is 2.71. The van der Waals surface area contributed by atoms with Crippen molar-refractivity contribution in [2.75, 3.05) is 29.9 Å². The van der Waals surface area contributed by atoms with Crippen LogP contribution in [0.25, 0.3) is 0 Å². The first-order chi connectivity index (χ1) is 9.85. The summed E-state index contributed by atoms with van der Waals surface area (Å²) in [5.41, 5.74) is 2.10. The average molecular weight is 291 g/mol. The number of carbonyl (C=O) groups is 1. The van der Waals surface area contributed by atoms with E-state index in [-0.39, 0.29) is 11.9 Å². The van der Waals surface area contributed by atoms with Crippen molar-refractivity contribution < 1.29 is 9.90 Å². The molecule has 0 saturated heterocycles. The van der Waals surface area contributed by atoms with Crippen LogP contribution in [0.15, 0.2) is 18.2 Å². The van der Waals surface area contributed by atoms with Gasteiger partial charge in [-0.25, -0.2) is 0 Å². The molecule has 1 heterocycles. The van der Waals surface area contributed by atoms with Crippen molar-refractivity contribution in [1.82, 2.24) is 5.32 Å². The second-order valence-corrected chi connectivity index (χ2v) is 6.08. The summed E-state index contributed by atoms with van der Waals surface area (Å²) < 4.78 is 0. The SMILES string of the molecule is CCNC1C(=O)Nc2cc(N(CC)CC(C)(C)O)ccc21. The summed E-state index contributed by atoms with van der Waals surface area (Å²) in [4.78, 5) is 14.1. The minimum atomic E-state index is -0.759. The second-order valence-electron chi connectivity index (χ2n) is 6.08. The van der Waals surface area contributed by atoms with Gasteiger partial charge < -0.3 is 20.6 Å². The molecule has 0 saturated carbocycles. The molecule has 0 radical (unpaired) electrons. The Hall–Kier alpha value is -1.59. The highest BCUT2D eigenvalue weighted by atomic mass is 16.3. The number of anilines is 2. The van der Waals surface area contributed by atoms with Crippen molar-refractivity contribution in [3.05, 3.63) is 23.8 Å². The molecule has 0 aliphatic carbocycles. The van der Waals surface area contributed by atoms with E-state index < -0.39 is 5.60 Å². The van der Waals surface area contributed by atoms with Gasteiger partial charge in [-0.2, -0.15) is 0 Å². The summed E-state index contributed by atoms with van der Waals surface area (Å²) in [6.07, 6.45) is 0. The van der Waals surface area contributed by atoms with Gasteiger partial charge in [0, 0.05) is 30.0 Å². The number of hydrogen-bond acceptors (Lipinski definition) is 4. The lowest BCUT2D eigenvalue weighted by atomic mass is 10.1. The Bertz CT molecular complexity index is 523. The molecule has 1 aliphatic heterocycles. The van der Waals surface area contributed by atoms with Crippen LogP contribution in [-0.4, -0.2) is 36.2 Å². The third-order valence-electron chi connectivity index (χ3n) is 3.60. The van der Waals surface area contributed by atoms with E-state index in [0.717, 1.165) is 30.0 Å². The molecular weight excluding hydrogens is 266 g/mol. The van der Waals surface area contributed by atoms with Crippen LogP contribution in [0.5, 0.6) is 0 Å². The third kappa shape index (κ3) is 3.54. The van der Waals surface area contributed by atoms with Crippen LogP contribution in [0.2, 0.25) is 0 Å². The van der Waals surface area contributed by atoms with Gasteiger partial charge in [0.2, 0.25) is 5.91 Å². The number of fused-ring (bicyclic) bond motifs is 1. The lowest BCUT2D eigenvalue weighted by Crippen LogP contribution is -2.38. The summed E-state index contributed by atoms with van der Waals surface area (Å²) in [6.45, 7) is 9.73. The first-order valence-corrected chi connectivity index (χ1v) is 7.51. The Kier molecular flexibility index (Phi) is 4.54. The van der Waals surface area contributed by atoms with Gasteiger partial charge in [-0.05, 0) is 39.4 Å². The Balaban J connectivity index is 2.26. The van der Waals surface area contributed by atoms with Crippen LogP contribution in [0.3, 0.4) is 0 Å². The highest BCUT2D eigenvalue weighted by Crippen LogP contribution is 2.34. The highest BCUT2D eigenvalue weighted by molar-refractivity contribution is 6.03. The number of nitrogens with one attached hydrogen (secondary N) is 2. The van der Waals surface area contributed by atoms with Crippen molar-refractivity contribution >= 4 is 17.3 Å². The van der Waals surface area contributed by atoms with Gasteiger partial charge in [0.05, 0.1) is 5.60 Å². The van der Waals surface area contributed by atoms with Gasteiger partial charge in [0.1, 0.15) is 6.04 Å². The molecule has 1 amide bonds. The lowest BCUT2D eigenvalue weighted by Gasteiger charge is -2.30. The normalized spacial score (nSPS) is 17.6. The summed E-state index contributed by atoms with van der Waals surface area (Å²) in [7, 11) is 0. The van der Waals surface area contributed by atoms with Gasteiger partial charge >= 0.3 is 0 Å². The molecule has 1 aromatic rings. The van der Waals surface area contributed by atoms with Crippen molar-refractivity contribution in [3.8, 4) is 0 Å². The first kappa shape index (κ1) is 15.8. The summed E-state index contributed by atoms with van der Waals surface area (Å²) in [5.74, 6) is -0.00506. The van der Waals surface area contributed by atoms with Crippen LogP contribution in [0, 0.1) is 0 Å². The van der Waals surface area contributed by atoms with Crippen LogP contribution in [-0.2, 0) is 4.79 Å². The van der Waals surface area contributed by atoms with Crippen LogP contribution in [0.1, 0.15) is 39.3 Å². The van der Waals surface area contributed by atoms with E-state index in [1.54, 1.807) is 13.8 Å². The topological polar surface area (TPSA) is 64.6 Å². The maximum absolute atomic E-state index is 12.0. The van der Waals surface area contributed by atoms with Gasteiger partial charge in [-0.3, -0.25) is 4.79 Å². The van der Waals surface area contributed by atoms with E-state index in [1.807, 2.05) is 25.1 Å². The van der Waals surface area contributed by atoms with Crippen LogP contribution < -0.4 is 15.5 Å². The fourth-order valence-electron chi connectivity index (χ4n) is 2.71. The maximum atomic E-state index is 12.0. The monoisotopic (exact) mass is 291 g/mol. The standard InChI is InChI=1S/C16H25N3O2/c1-5-17-14-12-8-7-11(9-13(12)18-15(14)20)19(6-2)10-16(3,4)21/h7-9,14,17,21H,5-6,10H2,1-4H3,(H,18,20). The predicted molar refractivity (Wildman–Crippen MR) is 85.7 cm³/mol. The van der Waals surface area contributed by atoms with E-state index in [0.29, 0.717) is 6.54 Å². The zero-order valence-corrected chi connectivity index (χ0v) is 13.2. The molecule has 1 aromatic carbocycles. The molecule has 0 spiro atoms. The average Bonchev–Trinajstić information content (AvgIpc) is 2.71. The van der Waals surface area contributed by atoms with Gasteiger partial charge in [-0.1, -0.05) is 13.0 Å². The molecule has 0 aromatic heterocycles. The zero-order valence-electron chi connectivity index (χ0n) is 13.2.